The maximum absolute atomic E-state index is 8.79. The zero-order valence-electron chi connectivity index (χ0n) is 9.63. The molecule has 1 fully saturated rings. The first-order chi connectivity index (χ1) is 7.77. The molecule has 3 nitrogen and oxygen atoms in total. The molecule has 1 aliphatic rings. The summed E-state index contributed by atoms with van der Waals surface area (Å²) < 4.78 is 0. The molecular formula is C13H17N3. The van der Waals surface area contributed by atoms with Gasteiger partial charge in [0.1, 0.15) is 0 Å². The fourth-order valence-corrected chi connectivity index (χ4v) is 2.77. The van der Waals surface area contributed by atoms with E-state index in [1.807, 2.05) is 18.2 Å². The lowest BCUT2D eigenvalue weighted by molar-refractivity contribution is 0.239. The van der Waals surface area contributed by atoms with Gasteiger partial charge in [0, 0.05) is 4.91 Å². The molecule has 0 N–H and O–H groups in total. The molecule has 0 bridgehead atoms. The van der Waals surface area contributed by atoms with Gasteiger partial charge in [-0.1, -0.05) is 55.2 Å². The summed E-state index contributed by atoms with van der Waals surface area (Å²) in [7, 11) is 0. The Balaban J connectivity index is 2.39. The van der Waals surface area contributed by atoms with Crippen molar-refractivity contribution in [3.63, 3.8) is 0 Å². The van der Waals surface area contributed by atoms with Crippen molar-refractivity contribution in [1.29, 1.82) is 0 Å². The van der Waals surface area contributed by atoms with Crippen LogP contribution in [0, 0.1) is 5.92 Å². The van der Waals surface area contributed by atoms with Gasteiger partial charge in [0.15, 0.2) is 0 Å². The molecule has 16 heavy (non-hydrogen) atoms. The maximum atomic E-state index is 8.79. The maximum Gasteiger partial charge on any atom is 0.0740 e. The van der Waals surface area contributed by atoms with Gasteiger partial charge < -0.3 is 0 Å². The second-order valence-electron chi connectivity index (χ2n) is 4.79. The van der Waals surface area contributed by atoms with Crippen LogP contribution in [0.5, 0.6) is 0 Å². The molecule has 1 aromatic carbocycles. The van der Waals surface area contributed by atoms with Gasteiger partial charge in [-0.25, -0.2) is 0 Å². The average molecular weight is 215 g/mol. The van der Waals surface area contributed by atoms with Crippen LogP contribution in [0.2, 0.25) is 0 Å². The minimum absolute atomic E-state index is 0.298. The van der Waals surface area contributed by atoms with E-state index in [0.717, 1.165) is 19.3 Å². The van der Waals surface area contributed by atoms with Crippen LogP contribution in [0.25, 0.3) is 10.4 Å². The van der Waals surface area contributed by atoms with Gasteiger partial charge in [0.05, 0.1) is 5.54 Å². The van der Waals surface area contributed by atoms with E-state index in [1.54, 1.807) is 0 Å². The number of rotatable bonds is 2. The number of hydrogen-bond acceptors (Lipinski definition) is 1. The SMILES string of the molecule is C[C@@H]1CCC[C@](N=[N+]=[N-])(c2ccccc2)C1. The second kappa shape index (κ2) is 4.58. The van der Waals surface area contributed by atoms with Crippen LogP contribution in [0.4, 0.5) is 0 Å². The van der Waals surface area contributed by atoms with Gasteiger partial charge in [-0.15, -0.1) is 0 Å². The Bertz CT molecular complexity index is 395. The van der Waals surface area contributed by atoms with Gasteiger partial charge in [-0.2, -0.15) is 0 Å². The van der Waals surface area contributed by atoms with Crippen molar-refractivity contribution in [2.75, 3.05) is 0 Å². The molecule has 0 unspecified atom stereocenters. The Morgan fingerprint density at radius 3 is 2.75 bits per heavy atom. The van der Waals surface area contributed by atoms with Gasteiger partial charge >= 0.3 is 0 Å². The zero-order valence-corrected chi connectivity index (χ0v) is 9.63. The van der Waals surface area contributed by atoms with Crippen LogP contribution >= 0.6 is 0 Å². The van der Waals surface area contributed by atoms with Crippen molar-refractivity contribution in [3.8, 4) is 0 Å². The largest absolute Gasteiger partial charge is 0.0825 e. The summed E-state index contributed by atoms with van der Waals surface area (Å²) in [5, 5.41) is 4.12. The normalized spacial score (nSPS) is 29.4. The molecule has 0 saturated heterocycles. The van der Waals surface area contributed by atoms with Crippen molar-refractivity contribution in [2.24, 2.45) is 11.0 Å². The number of nitrogens with zero attached hydrogens (tertiary/aromatic N) is 3. The molecule has 2 atom stereocenters. The summed E-state index contributed by atoms with van der Waals surface area (Å²) >= 11 is 0. The summed E-state index contributed by atoms with van der Waals surface area (Å²) in [5.41, 5.74) is 9.66. The molecule has 0 heterocycles. The minimum atomic E-state index is -0.298. The molecule has 1 aromatic rings. The Hall–Kier alpha value is -1.47. The molecule has 0 aliphatic heterocycles. The van der Waals surface area contributed by atoms with Crippen molar-refractivity contribution in [1.82, 2.24) is 0 Å². The predicted molar refractivity (Wildman–Crippen MR) is 64.9 cm³/mol. The molecule has 0 aromatic heterocycles. The third kappa shape index (κ3) is 2.05. The monoisotopic (exact) mass is 215 g/mol. The number of benzene rings is 1. The first-order valence-corrected chi connectivity index (χ1v) is 5.89. The lowest BCUT2D eigenvalue weighted by atomic mass is 9.73. The molecule has 0 amide bonds. The molecule has 3 heteroatoms. The Kier molecular flexibility index (Phi) is 3.16. The van der Waals surface area contributed by atoms with Crippen LogP contribution in [0.3, 0.4) is 0 Å². The van der Waals surface area contributed by atoms with E-state index in [0.29, 0.717) is 5.92 Å². The van der Waals surface area contributed by atoms with Crippen molar-refractivity contribution in [2.45, 2.75) is 38.1 Å². The summed E-state index contributed by atoms with van der Waals surface area (Å²) in [5.74, 6) is 0.638. The van der Waals surface area contributed by atoms with Crippen LogP contribution in [0.1, 0.15) is 38.2 Å². The summed E-state index contributed by atoms with van der Waals surface area (Å²) in [6.45, 7) is 2.24. The quantitative estimate of drug-likeness (QED) is 0.399. The standard InChI is InChI=1S/C13H17N3/c1-11-6-5-9-13(10-11,15-16-14)12-7-3-2-4-8-12/h2-4,7-8,11H,5-6,9-10H2,1H3/t11-,13-/m1/s1. The van der Waals surface area contributed by atoms with Crippen molar-refractivity contribution < 1.29 is 0 Å². The van der Waals surface area contributed by atoms with E-state index in [4.69, 9.17) is 5.53 Å². The molecular weight excluding hydrogens is 198 g/mol. The van der Waals surface area contributed by atoms with Gasteiger partial charge in [-0.05, 0) is 29.9 Å². The predicted octanol–water partition coefficient (Wildman–Crippen LogP) is 4.40. The van der Waals surface area contributed by atoms with Crippen molar-refractivity contribution >= 4 is 0 Å². The molecule has 2 rings (SSSR count). The Morgan fingerprint density at radius 2 is 2.12 bits per heavy atom. The first-order valence-electron chi connectivity index (χ1n) is 5.89. The van der Waals surface area contributed by atoms with E-state index in [1.165, 1.54) is 12.0 Å². The number of azide groups is 1. The summed E-state index contributed by atoms with van der Waals surface area (Å²) in [6.07, 6.45) is 4.34. The van der Waals surface area contributed by atoms with Crippen LogP contribution in [0.15, 0.2) is 35.4 Å². The second-order valence-corrected chi connectivity index (χ2v) is 4.79. The highest BCUT2D eigenvalue weighted by Crippen LogP contribution is 2.43. The van der Waals surface area contributed by atoms with E-state index in [9.17, 15) is 0 Å². The fourth-order valence-electron chi connectivity index (χ4n) is 2.77. The summed E-state index contributed by atoms with van der Waals surface area (Å²) in [4.78, 5) is 3.07. The van der Waals surface area contributed by atoms with Gasteiger partial charge in [0.25, 0.3) is 0 Å². The van der Waals surface area contributed by atoms with E-state index < -0.39 is 0 Å². The van der Waals surface area contributed by atoms with E-state index >= 15 is 0 Å². The third-order valence-electron chi connectivity index (χ3n) is 3.52. The molecule has 1 saturated carbocycles. The van der Waals surface area contributed by atoms with Crippen molar-refractivity contribution in [3.05, 3.63) is 46.3 Å². The number of hydrogen-bond donors (Lipinski definition) is 0. The Morgan fingerprint density at radius 1 is 1.38 bits per heavy atom. The molecule has 84 valence electrons. The minimum Gasteiger partial charge on any atom is -0.0825 e. The van der Waals surface area contributed by atoms with Crippen LogP contribution in [-0.4, -0.2) is 0 Å². The zero-order chi connectivity index (χ0) is 11.4. The van der Waals surface area contributed by atoms with Crippen LogP contribution < -0.4 is 0 Å². The smallest absolute Gasteiger partial charge is 0.0740 e. The van der Waals surface area contributed by atoms with Gasteiger partial charge in [-0.3, -0.25) is 0 Å². The van der Waals surface area contributed by atoms with E-state index in [2.05, 4.69) is 29.1 Å². The lowest BCUT2D eigenvalue weighted by Crippen LogP contribution is -2.29. The highest BCUT2D eigenvalue weighted by atomic mass is 15.2. The topological polar surface area (TPSA) is 48.8 Å². The third-order valence-corrected chi connectivity index (χ3v) is 3.52. The summed E-state index contributed by atoms with van der Waals surface area (Å²) in [6, 6.07) is 10.2. The first kappa shape index (κ1) is 11.0. The average Bonchev–Trinajstić information content (AvgIpc) is 2.31. The highest BCUT2D eigenvalue weighted by Gasteiger charge is 2.35. The van der Waals surface area contributed by atoms with Gasteiger partial charge in [0.2, 0.25) is 0 Å². The lowest BCUT2D eigenvalue weighted by Gasteiger charge is -2.36. The molecule has 0 radical (unpaired) electrons. The van der Waals surface area contributed by atoms with E-state index in [-0.39, 0.29) is 5.54 Å². The molecule has 0 spiro atoms. The highest BCUT2D eigenvalue weighted by molar-refractivity contribution is 5.25. The van der Waals surface area contributed by atoms with Crippen LogP contribution in [-0.2, 0) is 5.54 Å². The molecule has 1 aliphatic carbocycles. The Labute approximate surface area is 96.1 Å². The fraction of sp³-hybridized carbons (Fsp3) is 0.538.